The molecule has 5 rings (SSSR count). The molecule has 2 aliphatic carbocycles. The zero-order chi connectivity index (χ0) is 24.7. The van der Waals surface area contributed by atoms with E-state index >= 15 is 0 Å². The van der Waals surface area contributed by atoms with Gasteiger partial charge in [-0.15, -0.1) is 0 Å². The lowest BCUT2D eigenvalue weighted by Crippen LogP contribution is -2.03. The molecule has 0 fully saturated rings. The molecule has 176 valence electrons. The molecule has 0 heteroatoms. The van der Waals surface area contributed by atoms with Crippen LogP contribution in [0.15, 0.2) is 157 Å². The summed E-state index contributed by atoms with van der Waals surface area (Å²) in [4.78, 5) is 0. The van der Waals surface area contributed by atoms with E-state index in [0.717, 1.165) is 25.7 Å². The van der Waals surface area contributed by atoms with Crippen molar-refractivity contribution in [3.63, 3.8) is 0 Å². The summed E-state index contributed by atoms with van der Waals surface area (Å²) in [5.74, 6) is 0. The van der Waals surface area contributed by atoms with Crippen molar-refractivity contribution >= 4 is 5.57 Å². The summed E-state index contributed by atoms with van der Waals surface area (Å²) >= 11 is 0. The zero-order valence-corrected chi connectivity index (χ0v) is 20.8. The Bertz CT molecular complexity index is 1430. The van der Waals surface area contributed by atoms with Crippen molar-refractivity contribution in [1.29, 1.82) is 0 Å². The SMILES string of the molecule is C=C/C(C1=CC=CCC1)=C(\C=C)C1=CCCC=C1c1ccccc1-c1ccccc1-c1ccccc1. The first kappa shape index (κ1) is 23.6. The summed E-state index contributed by atoms with van der Waals surface area (Å²) < 4.78 is 0. The van der Waals surface area contributed by atoms with E-state index in [4.69, 9.17) is 0 Å². The van der Waals surface area contributed by atoms with Crippen LogP contribution in [0.1, 0.15) is 31.2 Å². The van der Waals surface area contributed by atoms with E-state index in [1.807, 2.05) is 12.2 Å². The van der Waals surface area contributed by atoms with Crippen LogP contribution >= 0.6 is 0 Å². The predicted molar refractivity (Wildman–Crippen MR) is 156 cm³/mol. The van der Waals surface area contributed by atoms with Crippen LogP contribution in [0.25, 0.3) is 27.8 Å². The van der Waals surface area contributed by atoms with Crippen LogP contribution in [0, 0.1) is 0 Å². The Morgan fingerprint density at radius 3 is 1.89 bits per heavy atom. The lowest BCUT2D eigenvalue weighted by atomic mass is 9.80. The fourth-order valence-electron chi connectivity index (χ4n) is 5.33. The summed E-state index contributed by atoms with van der Waals surface area (Å²) in [7, 11) is 0. The second-order valence-corrected chi connectivity index (χ2v) is 9.16. The van der Waals surface area contributed by atoms with Gasteiger partial charge in [0.15, 0.2) is 0 Å². The van der Waals surface area contributed by atoms with Crippen molar-refractivity contribution < 1.29 is 0 Å². The van der Waals surface area contributed by atoms with Gasteiger partial charge >= 0.3 is 0 Å². The van der Waals surface area contributed by atoms with Crippen LogP contribution < -0.4 is 0 Å². The van der Waals surface area contributed by atoms with Gasteiger partial charge in [-0.2, -0.15) is 0 Å². The van der Waals surface area contributed by atoms with E-state index in [1.165, 1.54) is 55.7 Å². The molecule has 0 aromatic heterocycles. The van der Waals surface area contributed by atoms with Gasteiger partial charge in [0.2, 0.25) is 0 Å². The molecule has 3 aromatic rings. The van der Waals surface area contributed by atoms with Gasteiger partial charge < -0.3 is 0 Å². The number of hydrogen-bond acceptors (Lipinski definition) is 0. The molecule has 0 saturated heterocycles. The van der Waals surface area contributed by atoms with E-state index in [9.17, 15) is 0 Å². The normalized spacial score (nSPS) is 15.8. The first-order chi connectivity index (χ1) is 17.8. The van der Waals surface area contributed by atoms with Gasteiger partial charge in [-0.05, 0) is 81.4 Å². The highest BCUT2D eigenvalue weighted by molar-refractivity contribution is 5.96. The highest BCUT2D eigenvalue weighted by Gasteiger charge is 2.21. The minimum atomic E-state index is 1.03. The monoisotopic (exact) mass is 464 g/mol. The van der Waals surface area contributed by atoms with Gasteiger partial charge in [-0.3, -0.25) is 0 Å². The lowest BCUT2D eigenvalue weighted by Gasteiger charge is -2.24. The first-order valence-electron chi connectivity index (χ1n) is 12.8. The standard InChI is InChI=1S/C36H32/c1-3-29(27-17-7-5-8-18-27)30(4-2)32-22-13-14-24-34(32)36-26-16-15-25-35(36)33-23-12-11-21-31(33)28-19-9-6-10-20-28/h3-7,9-12,15-17,19-26H,1-2,8,13-14,18H2/b30-29-. The summed E-state index contributed by atoms with van der Waals surface area (Å²) in [6.07, 6.45) is 19.6. The van der Waals surface area contributed by atoms with Crippen molar-refractivity contribution in [2.75, 3.05) is 0 Å². The van der Waals surface area contributed by atoms with Crippen molar-refractivity contribution in [3.05, 3.63) is 162 Å². The maximum atomic E-state index is 4.24. The van der Waals surface area contributed by atoms with Crippen LogP contribution in [0.4, 0.5) is 0 Å². The minimum Gasteiger partial charge on any atom is -0.0984 e. The van der Waals surface area contributed by atoms with E-state index in [0.29, 0.717) is 0 Å². The lowest BCUT2D eigenvalue weighted by molar-refractivity contribution is 0.973. The minimum absolute atomic E-state index is 1.03. The second-order valence-electron chi connectivity index (χ2n) is 9.16. The van der Waals surface area contributed by atoms with Gasteiger partial charge in [0.1, 0.15) is 0 Å². The summed E-state index contributed by atoms with van der Waals surface area (Å²) in [6.45, 7) is 8.43. The van der Waals surface area contributed by atoms with Gasteiger partial charge in [-0.1, -0.05) is 135 Å². The number of hydrogen-bond donors (Lipinski definition) is 0. The van der Waals surface area contributed by atoms with E-state index in [1.54, 1.807) is 0 Å². The van der Waals surface area contributed by atoms with E-state index in [-0.39, 0.29) is 0 Å². The van der Waals surface area contributed by atoms with Crippen LogP contribution in [0.5, 0.6) is 0 Å². The Morgan fingerprint density at radius 2 is 1.22 bits per heavy atom. The van der Waals surface area contributed by atoms with Gasteiger partial charge in [0.05, 0.1) is 0 Å². The molecule has 0 unspecified atom stereocenters. The quantitative estimate of drug-likeness (QED) is 0.305. The predicted octanol–water partition coefficient (Wildman–Crippen LogP) is 10.1. The van der Waals surface area contributed by atoms with Crippen molar-refractivity contribution in [3.8, 4) is 22.3 Å². The number of allylic oxidation sites excluding steroid dienone is 12. The molecule has 36 heavy (non-hydrogen) atoms. The average molecular weight is 465 g/mol. The third-order valence-electron chi connectivity index (χ3n) is 7.02. The van der Waals surface area contributed by atoms with Crippen molar-refractivity contribution in [1.82, 2.24) is 0 Å². The smallest absolute Gasteiger partial charge is 0.00991 e. The maximum absolute atomic E-state index is 4.24. The summed E-state index contributed by atoms with van der Waals surface area (Å²) in [5, 5.41) is 0. The van der Waals surface area contributed by atoms with Crippen LogP contribution in [-0.4, -0.2) is 0 Å². The Kier molecular flexibility index (Phi) is 7.24. The van der Waals surface area contributed by atoms with Crippen LogP contribution in [-0.2, 0) is 0 Å². The third kappa shape index (κ3) is 4.68. The zero-order valence-electron chi connectivity index (χ0n) is 20.8. The van der Waals surface area contributed by atoms with Crippen molar-refractivity contribution in [2.24, 2.45) is 0 Å². The molecular formula is C36H32. The van der Waals surface area contributed by atoms with Gasteiger partial charge in [0.25, 0.3) is 0 Å². The molecule has 0 radical (unpaired) electrons. The van der Waals surface area contributed by atoms with Crippen LogP contribution in [0.2, 0.25) is 0 Å². The van der Waals surface area contributed by atoms with Crippen LogP contribution in [0.3, 0.4) is 0 Å². The largest absolute Gasteiger partial charge is 0.0984 e. The molecule has 0 spiro atoms. The molecule has 0 bridgehead atoms. The van der Waals surface area contributed by atoms with Crippen molar-refractivity contribution in [2.45, 2.75) is 25.7 Å². The first-order valence-corrected chi connectivity index (χ1v) is 12.8. The highest BCUT2D eigenvalue weighted by atomic mass is 14.2. The topological polar surface area (TPSA) is 0 Å². The Balaban J connectivity index is 1.66. The molecule has 0 N–H and O–H groups in total. The third-order valence-corrected chi connectivity index (χ3v) is 7.02. The molecule has 0 nitrogen and oxygen atoms in total. The van der Waals surface area contributed by atoms with E-state index in [2.05, 4.69) is 122 Å². The van der Waals surface area contributed by atoms with Gasteiger partial charge in [-0.25, -0.2) is 0 Å². The fourth-order valence-corrected chi connectivity index (χ4v) is 5.33. The maximum Gasteiger partial charge on any atom is -0.00991 e. The summed E-state index contributed by atoms with van der Waals surface area (Å²) in [5.41, 5.74) is 12.5. The Hall–Kier alpha value is -4.16. The van der Waals surface area contributed by atoms with Gasteiger partial charge in [0, 0.05) is 0 Å². The highest BCUT2D eigenvalue weighted by Crippen LogP contribution is 2.42. The Labute approximate surface area is 215 Å². The Morgan fingerprint density at radius 1 is 0.611 bits per heavy atom. The molecule has 0 amide bonds. The molecule has 0 atom stereocenters. The average Bonchev–Trinajstić information content (AvgIpc) is 2.97. The molecular weight excluding hydrogens is 432 g/mol. The molecule has 0 aliphatic heterocycles. The molecule has 3 aromatic carbocycles. The van der Waals surface area contributed by atoms with E-state index < -0.39 is 0 Å². The molecule has 0 saturated carbocycles. The number of rotatable bonds is 7. The second kappa shape index (κ2) is 11.1. The number of benzene rings is 3. The fraction of sp³-hybridized carbons (Fsp3) is 0.111. The summed E-state index contributed by atoms with van der Waals surface area (Å²) in [6, 6.07) is 28.2. The molecule has 0 heterocycles. The molecule has 2 aliphatic rings.